The first-order valence-electron chi connectivity index (χ1n) is 6.68. The fraction of sp³-hybridized carbons (Fsp3) is 0.615. The SMILES string of the molecule is Cc1ccc([N+](=O)[O-])c(NCC(C)N2CCCC2)n1. The molecule has 6 nitrogen and oxygen atoms in total. The zero-order valence-corrected chi connectivity index (χ0v) is 11.4. The number of aromatic nitrogens is 1. The number of nitro groups is 1. The van der Waals surface area contributed by atoms with Gasteiger partial charge in [-0.1, -0.05) is 0 Å². The summed E-state index contributed by atoms with van der Waals surface area (Å²) in [5.41, 5.74) is 0.821. The van der Waals surface area contributed by atoms with Crippen LogP contribution < -0.4 is 5.32 Å². The molecular formula is C13H20N4O2. The Bertz CT molecular complexity index is 458. The van der Waals surface area contributed by atoms with Crippen LogP contribution in [0.5, 0.6) is 0 Å². The van der Waals surface area contributed by atoms with Crippen molar-refractivity contribution in [3.63, 3.8) is 0 Å². The molecular weight excluding hydrogens is 244 g/mol. The molecule has 0 aromatic carbocycles. The van der Waals surface area contributed by atoms with Gasteiger partial charge < -0.3 is 5.32 Å². The predicted molar refractivity (Wildman–Crippen MR) is 74.4 cm³/mol. The number of hydrogen-bond acceptors (Lipinski definition) is 5. The molecule has 6 heteroatoms. The van der Waals surface area contributed by atoms with E-state index in [2.05, 4.69) is 22.1 Å². The second kappa shape index (κ2) is 5.97. The molecule has 0 saturated carbocycles. The number of aryl methyl sites for hydroxylation is 1. The van der Waals surface area contributed by atoms with Crippen LogP contribution in [0.1, 0.15) is 25.5 Å². The maximum atomic E-state index is 10.9. The third-order valence-corrected chi connectivity index (χ3v) is 3.54. The van der Waals surface area contributed by atoms with Gasteiger partial charge in [0.25, 0.3) is 0 Å². The normalized spacial score (nSPS) is 17.4. The van der Waals surface area contributed by atoms with Gasteiger partial charge in [-0.3, -0.25) is 15.0 Å². The molecule has 1 atom stereocenters. The molecule has 1 aliphatic rings. The highest BCUT2D eigenvalue weighted by atomic mass is 16.6. The maximum Gasteiger partial charge on any atom is 0.311 e. The van der Waals surface area contributed by atoms with E-state index in [4.69, 9.17) is 0 Å². The number of nitrogens with one attached hydrogen (secondary N) is 1. The van der Waals surface area contributed by atoms with Gasteiger partial charge in [-0.2, -0.15) is 0 Å². The van der Waals surface area contributed by atoms with Gasteiger partial charge in [-0.05, 0) is 45.8 Å². The van der Waals surface area contributed by atoms with E-state index in [1.807, 2.05) is 6.92 Å². The summed E-state index contributed by atoms with van der Waals surface area (Å²) in [7, 11) is 0. The Hall–Kier alpha value is -1.69. The topological polar surface area (TPSA) is 71.3 Å². The molecule has 1 aliphatic heterocycles. The molecule has 2 rings (SSSR count). The molecule has 1 unspecified atom stereocenters. The first kappa shape index (κ1) is 13.7. The van der Waals surface area contributed by atoms with Crippen LogP contribution in [-0.2, 0) is 0 Å². The van der Waals surface area contributed by atoms with Gasteiger partial charge in [0, 0.05) is 24.3 Å². The van der Waals surface area contributed by atoms with Crippen molar-refractivity contribution < 1.29 is 4.92 Å². The molecule has 104 valence electrons. The summed E-state index contributed by atoms with van der Waals surface area (Å²) < 4.78 is 0. The van der Waals surface area contributed by atoms with Gasteiger partial charge in [0.05, 0.1) is 4.92 Å². The highest BCUT2D eigenvalue weighted by Crippen LogP contribution is 2.22. The Labute approximate surface area is 113 Å². The first-order valence-corrected chi connectivity index (χ1v) is 6.68. The van der Waals surface area contributed by atoms with Crippen molar-refractivity contribution >= 4 is 11.5 Å². The highest BCUT2D eigenvalue weighted by Gasteiger charge is 2.20. The number of likely N-dealkylation sites (tertiary alicyclic amines) is 1. The first-order chi connectivity index (χ1) is 9.08. The molecule has 1 aromatic heterocycles. The zero-order valence-electron chi connectivity index (χ0n) is 11.4. The third kappa shape index (κ3) is 3.41. The molecule has 0 bridgehead atoms. The standard InChI is InChI=1S/C13H20N4O2/c1-10-5-6-12(17(18)19)13(15-10)14-9-11(2)16-7-3-4-8-16/h5-6,11H,3-4,7-9H2,1-2H3,(H,14,15). The Morgan fingerprint density at radius 3 is 2.79 bits per heavy atom. The molecule has 0 aliphatic carbocycles. The van der Waals surface area contributed by atoms with Gasteiger partial charge in [0.15, 0.2) is 0 Å². The molecule has 1 N–H and O–H groups in total. The summed E-state index contributed by atoms with van der Waals surface area (Å²) >= 11 is 0. The van der Waals surface area contributed by atoms with E-state index in [1.165, 1.54) is 18.9 Å². The van der Waals surface area contributed by atoms with Gasteiger partial charge in [-0.15, -0.1) is 0 Å². The Morgan fingerprint density at radius 1 is 1.47 bits per heavy atom. The minimum absolute atomic E-state index is 0.0409. The van der Waals surface area contributed by atoms with Gasteiger partial charge in [0.1, 0.15) is 0 Å². The Kier molecular flexibility index (Phi) is 4.31. The quantitative estimate of drug-likeness (QED) is 0.652. The number of anilines is 1. The summed E-state index contributed by atoms with van der Waals surface area (Å²) in [5, 5.41) is 14.1. The van der Waals surface area contributed by atoms with Crippen LogP contribution in [0, 0.1) is 17.0 Å². The molecule has 0 radical (unpaired) electrons. The van der Waals surface area contributed by atoms with Gasteiger partial charge in [0.2, 0.25) is 5.82 Å². The number of nitrogens with zero attached hydrogens (tertiary/aromatic N) is 3. The van der Waals surface area contributed by atoms with Crippen LogP contribution >= 0.6 is 0 Å². The summed E-state index contributed by atoms with van der Waals surface area (Å²) in [6, 6.07) is 3.53. The van der Waals surface area contributed by atoms with Crippen LogP contribution in [0.4, 0.5) is 11.5 Å². The summed E-state index contributed by atoms with van der Waals surface area (Å²) in [6.45, 7) is 6.88. The molecule has 1 saturated heterocycles. The van der Waals surface area contributed by atoms with Crippen LogP contribution in [0.3, 0.4) is 0 Å². The Balaban J connectivity index is 2.01. The number of rotatable bonds is 5. The van der Waals surface area contributed by atoms with Crippen molar-refractivity contribution in [2.45, 2.75) is 32.7 Å². The fourth-order valence-electron chi connectivity index (χ4n) is 2.38. The Morgan fingerprint density at radius 2 is 2.16 bits per heavy atom. The van der Waals surface area contributed by atoms with Crippen LogP contribution in [-0.4, -0.2) is 40.5 Å². The number of pyridine rings is 1. The molecule has 19 heavy (non-hydrogen) atoms. The lowest BCUT2D eigenvalue weighted by molar-refractivity contribution is -0.384. The summed E-state index contributed by atoms with van der Waals surface area (Å²) in [4.78, 5) is 17.2. The predicted octanol–water partition coefficient (Wildman–Crippen LogP) is 2.19. The van der Waals surface area contributed by atoms with Crippen LogP contribution in [0.25, 0.3) is 0 Å². The summed E-state index contributed by atoms with van der Waals surface area (Å²) in [5.74, 6) is 0.371. The molecule has 0 spiro atoms. The lowest BCUT2D eigenvalue weighted by atomic mass is 10.3. The van der Waals surface area contributed by atoms with E-state index in [0.29, 0.717) is 18.4 Å². The average molecular weight is 264 g/mol. The van der Waals surface area contributed by atoms with Crippen molar-refractivity contribution in [2.75, 3.05) is 25.0 Å². The van der Waals surface area contributed by atoms with E-state index < -0.39 is 4.92 Å². The highest BCUT2D eigenvalue weighted by molar-refractivity contribution is 5.56. The lowest BCUT2D eigenvalue weighted by Gasteiger charge is -2.24. The molecule has 0 amide bonds. The minimum atomic E-state index is -0.394. The van der Waals surface area contributed by atoms with Crippen molar-refractivity contribution in [1.29, 1.82) is 0 Å². The largest absolute Gasteiger partial charge is 0.363 e. The van der Waals surface area contributed by atoms with Gasteiger partial charge in [-0.25, -0.2) is 4.98 Å². The third-order valence-electron chi connectivity index (χ3n) is 3.54. The van der Waals surface area contributed by atoms with Crippen molar-refractivity contribution in [3.8, 4) is 0 Å². The second-order valence-electron chi connectivity index (χ2n) is 5.05. The van der Waals surface area contributed by atoms with Crippen molar-refractivity contribution in [1.82, 2.24) is 9.88 Å². The molecule has 1 fully saturated rings. The van der Waals surface area contributed by atoms with Gasteiger partial charge >= 0.3 is 5.69 Å². The minimum Gasteiger partial charge on any atom is -0.363 e. The van der Waals surface area contributed by atoms with E-state index in [9.17, 15) is 10.1 Å². The smallest absolute Gasteiger partial charge is 0.311 e. The van der Waals surface area contributed by atoms with Crippen molar-refractivity contribution in [3.05, 3.63) is 27.9 Å². The fourth-order valence-corrected chi connectivity index (χ4v) is 2.38. The molecule has 2 heterocycles. The second-order valence-corrected chi connectivity index (χ2v) is 5.05. The van der Waals surface area contributed by atoms with E-state index in [1.54, 1.807) is 6.07 Å². The zero-order chi connectivity index (χ0) is 13.8. The monoisotopic (exact) mass is 264 g/mol. The van der Waals surface area contributed by atoms with E-state index in [0.717, 1.165) is 18.8 Å². The van der Waals surface area contributed by atoms with E-state index in [-0.39, 0.29) is 5.69 Å². The van der Waals surface area contributed by atoms with Crippen LogP contribution in [0.15, 0.2) is 12.1 Å². The number of hydrogen-bond donors (Lipinski definition) is 1. The summed E-state index contributed by atoms with van der Waals surface area (Å²) in [6.07, 6.45) is 2.49. The van der Waals surface area contributed by atoms with Crippen molar-refractivity contribution in [2.24, 2.45) is 0 Å². The average Bonchev–Trinajstić information content (AvgIpc) is 2.89. The lowest BCUT2D eigenvalue weighted by Crippen LogP contribution is -2.35. The maximum absolute atomic E-state index is 10.9. The van der Waals surface area contributed by atoms with E-state index >= 15 is 0 Å². The van der Waals surface area contributed by atoms with Crippen LogP contribution in [0.2, 0.25) is 0 Å². The molecule has 1 aromatic rings.